The summed E-state index contributed by atoms with van der Waals surface area (Å²) < 4.78 is 16.3. The number of hydrogen-bond donors (Lipinski definition) is 1. The molecule has 0 aliphatic carbocycles. The summed E-state index contributed by atoms with van der Waals surface area (Å²) in [5.74, 6) is -0.0694. The lowest BCUT2D eigenvalue weighted by molar-refractivity contribution is -0.139. The molecule has 0 saturated carbocycles. The zero-order valence-electron chi connectivity index (χ0n) is 13.7. The highest BCUT2D eigenvalue weighted by atomic mass is 16.5. The molecule has 6 heteroatoms. The molecule has 0 amide bonds. The van der Waals surface area contributed by atoms with E-state index >= 15 is 0 Å². The van der Waals surface area contributed by atoms with Crippen molar-refractivity contribution in [3.05, 3.63) is 64.0 Å². The zero-order valence-corrected chi connectivity index (χ0v) is 13.7. The van der Waals surface area contributed by atoms with E-state index in [9.17, 15) is 9.59 Å². The lowest BCUT2D eigenvalue weighted by atomic mass is 10.1. The van der Waals surface area contributed by atoms with Gasteiger partial charge in [0.05, 0.1) is 5.39 Å². The molecule has 25 heavy (non-hydrogen) atoms. The van der Waals surface area contributed by atoms with Crippen LogP contribution in [0.5, 0.6) is 17.2 Å². The van der Waals surface area contributed by atoms with E-state index in [0.29, 0.717) is 22.5 Å². The highest BCUT2D eigenvalue weighted by Crippen LogP contribution is 2.28. The van der Waals surface area contributed by atoms with Crippen LogP contribution in [0.4, 0.5) is 0 Å². The monoisotopic (exact) mass is 340 g/mol. The summed E-state index contributed by atoms with van der Waals surface area (Å²) in [4.78, 5) is 23.2. The molecule has 0 aliphatic rings. The van der Waals surface area contributed by atoms with E-state index in [1.54, 1.807) is 0 Å². The summed E-state index contributed by atoms with van der Waals surface area (Å²) in [6.45, 7) is 3.33. The third-order valence-corrected chi connectivity index (χ3v) is 3.70. The van der Waals surface area contributed by atoms with E-state index in [1.165, 1.54) is 24.5 Å². The average Bonchev–Trinajstić information content (AvgIpc) is 2.58. The van der Waals surface area contributed by atoms with Crippen LogP contribution in [0.15, 0.2) is 51.9 Å². The quantitative estimate of drug-likeness (QED) is 0.763. The summed E-state index contributed by atoms with van der Waals surface area (Å²) in [7, 11) is 0. The maximum Gasteiger partial charge on any atom is 0.341 e. The van der Waals surface area contributed by atoms with Crippen LogP contribution < -0.4 is 14.9 Å². The van der Waals surface area contributed by atoms with Gasteiger partial charge in [-0.2, -0.15) is 0 Å². The number of hydrogen-bond acceptors (Lipinski definition) is 5. The molecule has 0 radical (unpaired) electrons. The molecular formula is C19H16O6. The second kappa shape index (κ2) is 6.68. The maximum absolute atomic E-state index is 12.6. The first-order chi connectivity index (χ1) is 12.0. The number of carboxylic acids is 1. The first kappa shape index (κ1) is 16.6. The first-order valence-corrected chi connectivity index (χ1v) is 7.60. The molecule has 1 aromatic heterocycles. The van der Waals surface area contributed by atoms with Crippen molar-refractivity contribution in [2.75, 3.05) is 6.61 Å². The van der Waals surface area contributed by atoms with Crippen LogP contribution in [0.25, 0.3) is 11.0 Å². The van der Waals surface area contributed by atoms with Crippen molar-refractivity contribution >= 4 is 16.9 Å². The van der Waals surface area contributed by atoms with Crippen molar-refractivity contribution in [3.8, 4) is 17.2 Å². The Morgan fingerprint density at radius 2 is 1.88 bits per heavy atom. The maximum atomic E-state index is 12.6. The van der Waals surface area contributed by atoms with Gasteiger partial charge in [-0.25, -0.2) is 4.79 Å². The standard InChI is InChI=1S/C19H16O6/c1-11-4-3-5-12(2)19(11)25-16-9-24-15-8-13(23-10-17(20)21)6-7-14(15)18(16)22/h3-9H,10H2,1-2H3,(H,20,21). The van der Waals surface area contributed by atoms with Gasteiger partial charge in [0.2, 0.25) is 11.2 Å². The third-order valence-electron chi connectivity index (χ3n) is 3.70. The van der Waals surface area contributed by atoms with Crippen molar-refractivity contribution in [2.45, 2.75) is 13.8 Å². The van der Waals surface area contributed by atoms with Crippen LogP contribution in [0, 0.1) is 13.8 Å². The molecule has 1 heterocycles. The number of ether oxygens (including phenoxy) is 2. The van der Waals surface area contributed by atoms with Crippen molar-refractivity contribution in [1.29, 1.82) is 0 Å². The van der Waals surface area contributed by atoms with Gasteiger partial charge in [0.25, 0.3) is 0 Å². The SMILES string of the molecule is Cc1cccc(C)c1Oc1coc2cc(OCC(=O)O)ccc2c1=O. The zero-order chi connectivity index (χ0) is 18.0. The van der Waals surface area contributed by atoms with Crippen LogP contribution in [0.3, 0.4) is 0 Å². The van der Waals surface area contributed by atoms with Crippen molar-refractivity contribution in [2.24, 2.45) is 0 Å². The molecule has 128 valence electrons. The smallest absolute Gasteiger partial charge is 0.341 e. The largest absolute Gasteiger partial charge is 0.482 e. The molecule has 0 unspecified atom stereocenters. The number of benzene rings is 2. The number of rotatable bonds is 5. The fourth-order valence-corrected chi connectivity index (χ4v) is 2.47. The third kappa shape index (κ3) is 3.47. The first-order valence-electron chi connectivity index (χ1n) is 7.60. The Labute approximate surface area is 143 Å². The summed E-state index contributed by atoms with van der Waals surface area (Å²) in [6.07, 6.45) is 1.25. The van der Waals surface area contributed by atoms with Gasteiger partial charge < -0.3 is 19.0 Å². The van der Waals surface area contributed by atoms with Gasteiger partial charge in [-0.15, -0.1) is 0 Å². The average molecular weight is 340 g/mol. The molecule has 0 bridgehead atoms. The number of carbonyl (C=O) groups is 1. The number of aliphatic carboxylic acids is 1. The van der Waals surface area contributed by atoms with Gasteiger partial charge in [-0.1, -0.05) is 18.2 Å². The van der Waals surface area contributed by atoms with E-state index in [1.807, 2.05) is 32.0 Å². The Kier molecular flexibility index (Phi) is 4.43. The Morgan fingerprint density at radius 1 is 1.16 bits per heavy atom. The van der Waals surface area contributed by atoms with Crippen LogP contribution in [0.1, 0.15) is 11.1 Å². The second-order valence-electron chi connectivity index (χ2n) is 5.59. The van der Waals surface area contributed by atoms with E-state index in [0.717, 1.165) is 11.1 Å². The Bertz CT molecular complexity index is 982. The molecular weight excluding hydrogens is 324 g/mol. The van der Waals surface area contributed by atoms with E-state index in [-0.39, 0.29) is 11.2 Å². The van der Waals surface area contributed by atoms with E-state index < -0.39 is 12.6 Å². The number of aryl methyl sites for hydroxylation is 2. The minimum absolute atomic E-state index is 0.0871. The minimum atomic E-state index is -1.08. The summed E-state index contributed by atoms with van der Waals surface area (Å²) in [5.41, 5.74) is 1.81. The molecule has 6 nitrogen and oxygen atoms in total. The molecule has 0 spiro atoms. The molecule has 0 saturated heterocycles. The Balaban J connectivity index is 1.96. The van der Waals surface area contributed by atoms with Gasteiger partial charge in [0, 0.05) is 6.07 Å². The van der Waals surface area contributed by atoms with Gasteiger partial charge in [-0.3, -0.25) is 4.79 Å². The molecule has 0 aliphatic heterocycles. The summed E-state index contributed by atoms with van der Waals surface area (Å²) in [6, 6.07) is 10.2. The topological polar surface area (TPSA) is 86.0 Å². The van der Waals surface area contributed by atoms with E-state index in [2.05, 4.69) is 0 Å². The fraction of sp³-hybridized carbons (Fsp3) is 0.158. The number of para-hydroxylation sites is 1. The molecule has 0 atom stereocenters. The fourth-order valence-electron chi connectivity index (χ4n) is 2.47. The molecule has 0 fully saturated rings. The summed E-state index contributed by atoms with van der Waals surface area (Å²) >= 11 is 0. The van der Waals surface area contributed by atoms with Crippen molar-refractivity contribution in [3.63, 3.8) is 0 Å². The molecule has 3 rings (SSSR count). The second-order valence-corrected chi connectivity index (χ2v) is 5.59. The highest BCUT2D eigenvalue weighted by Gasteiger charge is 2.13. The van der Waals surface area contributed by atoms with Crippen LogP contribution >= 0.6 is 0 Å². The van der Waals surface area contributed by atoms with E-state index in [4.69, 9.17) is 19.0 Å². The molecule has 3 aromatic rings. The van der Waals surface area contributed by atoms with Gasteiger partial charge in [0.1, 0.15) is 23.3 Å². The number of carboxylic acid groups (broad SMARTS) is 1. The minimum Gasteiger partial charge on any atom is -0.482 e. The van der Waals surface area contributed by atoms with Gasteiger partial charge in [-0.05, 0) is 37.1 Å². The predicted octanol–water partition coefficient (Wildman–Crippen LogP) is 3.67. The van der Waals surface area contributed by atoms with Crippen molar-refractivity contribution < 1.29 is 23.8 Å². The normalized spacial score (nSPS) is 10.6. The molecule has 2 aromatic carbocycles. The predicted molar refractivity (Wildman–Crippen MR) is 91.6 cm³/mol. The van der Waals surface area contributed by atoms with Crippen LogP contribution in [0.2, 0.25) is 0 Å². The molecule has 1 N–H and O–H groups in total. The Morgan fingerprint density at radius 3 is 2.56 bits per heavy atom. The lowest BCUT2D eigenvalue weighted by Gasteiger charge is -2.11. The lowest BCUT2D eigenvalue weighted by Crippen LogP contribution is -2.10. The van der Waals surface area contributed by atoms with Gasteiger partial charge in [0.15, 0.2) is 6.61 Å². The summed E-state index contributed by atoms with van der Waals surface area (Å²) in [5, 5.41) is 8.96. The van der Waals surface area contributed by atoms with Crippen molar-refractivity contribution in [1.82, 2.24) is 0 Å². The number of fused-ring (bicyclic) bond motifs is 1. The highest BCUT2D eigenvalue weighted by molar-refractivity contribution is 5.79. The van der Waals surface area contributed by atoms with Crippen LogP contribution in [-0.2, 0) is 4.79 Å². The Hall–Kier alpha value is -3.28. The van der Waals surface area contributed by atoms with Gasteiger partial charge >= 0.3 is 5.97 Å². The van der Waals surface area contributed by atoms with Crippen LogP contribution in [-0.4, -0.2) is 17.7 Å².